The summed E-state index contributed by atoms with van der Waals surface area (Å²) in [4.78, 5) is 12.5. The SMILES string of the molecule is O=c1ccc(-c2cccc(OC(F)(F)F)c2)cn1-c1ccnn1-c1ccccc1. The van der Waals surface area contributed by atoms with E-state index in [1.54, 1.807) is 35.3 Å². The third kappa shape index (κ3) is 4.06. The van der Waals surface area contributed by atoms with Gasteiger partial charge in [0.2, 0.25) is 0 Å². The van der Waals surface area contributed by atoms with Gasteiger partial charge >= 0.3 is 6.36 Å². The van der Waals surface area contributed by atoms with Crippen molar-refractivity contribution in [3.05, 3.63) is 95.5 Å². The number of ether oxygens (including phenoxy) is 1. The van der Waals surface area contributed by atoms with Crippen molar-refractivity contribution in [2.45, 2.75) is 6.36 Å². The fourth-order valence-corrected chi connectivity index (χ4v) is 2.96. The highest BCUT2D eigenvalue weighted by molar-refractivity contribution is 5.64. The quantitative estimate of drug-likeness (QED) is 0.506. The molecule has 4 aromatic rings. The number of benzene rings is 2. The first-order valence-corrected chi connectivity index (χ1v) is 8.59. The zero-order chi connectivity index (χ0) is 20.4. The molecule has 0 bridgehead atoms. The van der Waals surface area contributed by atoms with Gasteiger partial charge in [-0.2, -0.15) is 5.10 Å². The van der Waals surface area contributed by atoms with Crippen molar-refractivity contribution in [3.8, 4) is 28.4 Å². The standard InChI is InChI=1S/C21H14F3N3O2/c22-21(23,24)29-18-8-4-5-15(13-18)16-9-10-20(28)26(14-16)19-11-12-25-27(19)17-6-2-1-3-7-17/h1-14H. The average molecular weight is 397 g/mol. The Morgan fingerprint density at radius 1 is 0.862 bits per heavy atom. The van der Waals surface area contributed by atoms with E-state index in [4.69, 9.17) is 0 Å². The van der Waals surface area contributed by atoms with E-state index in [1.807, 2.05) is 30.3 Å². The van der Waals surface area contributed by atoms with Crippen molar-refractivity contribution in [1.82, 2.24) is 14.3 Å². The number of hydrogen-bond acceptors (Lipinski definition) is 3. The number of nitrogens with zero attached hydrogens (tertiary/aromatic N) is 3. The Bertz CT molecular complexity index is 1200. The zero-order valence-corrected chi connectivity index (χ0v) is 14.9. The average Bonchev–Trinajstić information content (AvgIpc) is 3.17. The summed E-state index contributed by atoms with van der Waals surface area (Å²) in [6.45, 7) is 0. The molecule has 2 heterocycles. The molecule has 0 fully saturated rings. The second-order valence-electron chi connectivity index (χ2n) is 6.14. The van der Waals surface area contributed by atoms with Crippen LogP contribution in [0, 0.1) is 0 Å². The summed E-state index contributed by atoms with van der Waals surface area (Å²) in [7, 11) is 0. The highest BCUT2D eigenvalue weighted by Crippen LogP contribution is 2.28. The fourth-order valence-electron chi connectivity index (χ4n) is 2.96. The van der Waals surface area contributed by atoms with E-state index in [9.17, 15) is 18.0 Å². The zero-order valence-electron chi connectivity index (χ0n) is 14.9. The summed E-state index contributed by atoms with van der Waals surface area (Å²) in [6, 6.07) is 19.5. The number of alkyl halides is 3. The molecule has 0 aliphatic rings. The predicted molar refractivity (Wildman–Crippen MR) is 101 cm³/mol. The molecule has 0 unspecified atom stereocenters. The molecule has 0 N–H and O–H groups in total. The molecule has 4 rings (SSSR count). The largest absolute Gasteiger partial charge is 0.573 e. The van der Waals surface area contributed by atoms with E-state index >= 15 is 0 Å². The molecule has 0 spiro atoms. The molecular formula is C21H14F3N3O2. The van der Waals surface area contributed by atoms with Crippen molar-refractivity contribution in [2.75, 3.05) is 0 Å². The summed E-state index contributed by atoms with van der Waals surface area (Å²) in [5.74, 6) is 0.174. The highest BCUT2D eigenvalue weighted by atomic mass is 19.4. The van der Waals surface area contributed by atoms with Crippen LogP contribution < -0.4 is 10.3 Å². The van der Waals surface area contributed by atoms with Gasteiger partial charge in [-0.3, -0.25) is 9.36 Å². The Hall–Kier alpha value is -3.81. The lowest BCUT2D eigenvalue weighted by atomic mass is 10.1. The minimum absolute atomic E-state index is 0.297. The summed E-state index contributed by atoms with van der Waals surface area (Å²) < 4.78 is 44.5. The molecule has 0 atom stereocenters. The van der Waals surface area contributed by atoms with Gasteiger partial charge in [-0.1, -0.05) is 30.3 Å². The normalized spacial score (nSPS) is 11.4. The Labute approximate surface area is 163 Å². The predicted octanol–water partition coefficient (Wildman–Crippen LogP) is 4.59. The van der Waals surface area contributed by atoms with Gasteiger partial charge < -0.3 is 4.74 Å². The van der Waals surface area contributed by atoms with Gasteiger partial charge in [0.05, 0.1) is 11.9 Å². The molecule has 0 aliphatic carbocycles. The first kappa shape index (κ1) is 18.5. The number of pyridine rings is 1. The molecule has 0 saturated heterocycles. The van der Waals surface area contributed by atoms with Crippen LogP contribution in [0.15, 0.2) is 90.0 Å². The molecule has 2 aromatic carbocycles. The number of aromatic nitrogens is 3. The van der Waals surface area contributed by atoms with Crippen LogP contribution in [0.1, 0.15) is 0 Å². The molecule has 8 heteroatoms. The molecule has 0 saturated carbocycles. The number of hydrogen-bond donors (Lipinski definition) is 0. The molecule has 29 heavy (non-hydrogen) atoms. The first-order valence-electron chi connectivity index (χ1n) is 8.59. The maximum atomic E-state index is 12.5. The van der Waals surface area contributed by atoms with Crippen LogP contribution in [0.3, 0.4) is 0 Å². The van der Waals surface area contributed by atoms with Crippen molar-refractivity contribution >= 4 is 0 Å². The molecule has 5 nitrogen and oxygen atoms in total. The minimum Gasteiger partial charge on any atom is -0.406 e. The number of rotatable bonds is 4. The smallest absolute Gasteiger partial charge is 0.406 e. The number of halogens is 3. The van der Waals surface area contributed by atoms with Gasteiger partial charge in [0.25, 0.3) is 5.56 Å². The van der Waals surface area contributed by atoms with E-state index in [2.05, 4.69) is 9.84 Å². The van der Waals surface area contributed by atoms with E-state index in [0.717, 1.165) is 5.69 Å². The first-order chi connectivity index (χ1) is 13.9. The topological polar surface area (TPSA) is 49.1 Å². The van der Waals surface area contributed by atoms with Crippen LogP contribution in [0.5, 0.6) is 5.75 Å². The van der Waals surface area contributed by atoms with Gasteiger partial charge in [-0.05, 0) is 41.5 Å². The van der Waals surface area contributed by atoms with Crippen LogP contribution in [-0.4, -0.2) is 20.7 Å². The van der Waals surface area contributed by atoms with Crippen LogP contribution in [-0.2, 0) is 0 Å². The Morgan fingerprint density at radius 2 is 1.66 bits per heavy atom. The molecular weight excluding hydrogens is 383 g/mol. The van der Waals surface area contributed by atoms with Crippen LogP contribution in [0.4, 0.5) is 13.2 Å². The summed E-state index contributed by atoms with van der Waals surface area (Å²) >= 11 is 0. The fraction of sp³-hybridized carbons (Fsp3) is 0.0476. The maximum absolute atomic E-state index is 12.5. The summed E-state index contributed by atoms with van der Waals surface area (Å²) in [5.41, 5.74) is 1.50. The van der Waals surface area contributed by atoms with Gasteiger partial charge in [0.15, 0.2) is 0 Å². The Kier molecular flexibility index (Phi) is 4.67. The van der Waals surface area contributed by atoms with E-state index in [1.165, 1.54) is 28.8 Å². The molecule has 0 aliphatic heterocycles. The van der Waals surface area contributed by atoms with Gasteiger partial charge in [0, 0.05) is 18.3 Å². The van der Waals surface area contributed by atoms with Gasteiger partial charge in [-0.15, -0.1) is 13.2 Å². The minimum atomic E-state index is -4.78. The molecule has 2 aromatic heterocycles. The second-order valence-corrected chi connectivity index (χ2v) is 6.14. The maximum Gasteiger partial charge on any atom is 0.573 e. The lowest BCUT2D eigenvalue weighted by Gasteiger charge is -2.12. The Morgan fingerprint density at radius 3 is 2.41 bits per heavy atom. The summed E-state index contributed by atoms with van der Waals surface area (Å²) in [5, 5.41) is 4.27. The third-order valence-electron chi connectivity index (χ3n) is 4.18. The van der Waals surface area contributed by atoms with Crippen molar-refractivity contribution in [3.63, 3.8) is 0 Å². The van der Waals surface area contributed by atoms with Gasteiger partial charge in [0.1, 0.15) is 11.6 Å². The lowest BCUT2D eigenvalue weighted by molar-refractivity contribution is -0.274. The van der Waals surface area contributed by atoms with Gasteiger partial charge in [-0.25, -0.2) is 4.68 Å². The Balaban J connectivity index is 1.77. The van der Waals surface area contributed by atoms with Crippen LogP contribution in [0.2, 0.25) is 0 Å². The van der Waals surface area contributed by atoms with Crippen LogP contribution >= 0.6 is 0 Å². The van der Waals surface area contributed by atoms with E-state index in [0.29, 0.717) is 16.9 Å². The molecule has 146 valence electrons. The van der Waals surface area contributed by atoms with Crippen molar-refractivity contribution in [2.24, 2.45) is 0 Å². The van der Waals surface area contributed by atoms with E-state index < -0.39 is 6.36 Å². The molecule has 0 amide bonds. The lowest BCUT2D eigenvalue weighted by Crippen LogP contribution is -2.19. The molecule has 0 radical (unpaired) electrons. The second kappa shape index (κ2) is 7.31. The van der Waals surface area contributed by atoms with E-state index in [-0.39, 0.29) is 11.3 Å². The highest BCUT2D eigenvalue weighted by Gasteiger charge is 2.31. The van der Waals surface area contributed by atoms with Crippen molar-refractivity contribution in [1.29, 1.82) is 0 Å². The van der Waals surface area contributed by atoms with Crippen LogP contribution in [0.25, 0.3) is 22.6 Å². The van der Waals surface area contributed by atoms with Crippen molar-refractivity contribution < 1.29 is 17.9 Å². The summed E-state index contributed by atoms with van der Waals surface area (Å²) in [6.07, 6.45) is -1.65. The number of para-hydroxylation sites is 1. The third-order valence-corrected chi connectivity index (χ3v) is 4.18. The monoisotopic (exact) mass is 397 g/mol.